The quantitative estimate of drug-likeness (QED) is 0.233. The van der Waals surface area contributed by atoms with Crippen molar-refractivity contribution in [2.24, 2.45) is 0 Å². The average Bonchev–Trinajstić information content (AvgIpc) is 2.77. The molecule has 0 saturated carbocycles. The summed E-state index contributed by atoms with van der Waals surface area (Å²) in [4.78, 5) is 24.9. The molecule has 0 bridgehead atoms. The van der Waals surface area contributed by atoms with E-state index in [1.165, 1.54) is 24.3 Å². The van der Waals surface area contributed by atoms with Gasteiger partial charge < -0.3 is 10.6 Å². The van der Waals surface area contributed by atoms with Crippen molar-refractivity contribution in [1.29, 1.82) is 0 Å². The fourth-order valence-electron chi connectivity index (χ4n) is 2.41. The number of pyridine rings is 1. The summed E-state index contributed by atoms with van der Waals surface area (Å²) in [7, 11) is 9.87. The van der Waals surface area contributed by atoms with Crippen LogP contribution >= 0.6 is 17.0 Å². The molecule has 0 spiro atoms. The van der Waals surface area contributed by atoms with Crippen molar-refractivity contribution < 1.29 is 30.7 Å². The first-order valence-electron chi connectivity index (χ1n) is 8.68. The van der Waals surface area contributed by atoms with Gasteiger partial charge in [0.15, 0.2) is 0 Å². The third kappa shape index (κ3) is 8.61. The molecule has 1 heterocycles. The van der Waals surface area contributed by atoms with Crippen molar-refractivity contribution >= 4 is 39.8 Å². The molecule has 0 unspecified atom stereocenters. The van der Waals surface area contributed by atoms with E-state index in [-0.39, 0.29) is 11.4 Å². The summed E-state index contributed by atoms with van der Waals surface area (Å²) in [6.07, 6.45) is 0. The fraction of sp³-hybridized carbons (Fsp3) is 0.105. The van der Waals surface area contributed by atoms with Gasteiger partial charge in [-0.3, -0.25) is 25.2 Å². The molecule has 0 atom stereocenters. The summed E-state index contributed by atoms with van der Waals surface area (Å²) in [5.74, 6) is 0. The monoisotopic (exact) mass is 537 g/mol. The SMILES string of the molecule is O=[N+]([O-])c1ccc([N-]Cc2cccc(C[N-]c3ccc([N+](=O)[O-])cc3)n2)cc1.[Cl][Zr+2][Cl]. The van der Waals surface area contributed by atoms with Crippen LogP contribution in [0.4, 0.5) is 22.7 Å². The molecule has 0 amide bonds. The fourth-order valence-corrected chi connectivity index (χ4v) is 2.41. The first-order chi connectivity index (χ1) is 14.9. The van der Waals surface area contributed by atoms with E-state index < -0.39 is 30.7 Å². The molecular formula is C19H15Cl2N5O4Zr. The van der Waals surface area contributed by atoms with Gasteiger partial charge in [0.1, 0.15) is 0 Å². The number of aromatic nitrogens is 1. The molecule has 158 valence electrons. The molecule has 0 aliphatic rings. The van der Waals surface area contributed by atoms with Gasteiger partial charge in [-0.15, -0.1) is 11.4 Å². The first kappa shape index (κ1) is 24.7. The molecule has 9 nitrogen and oxygen atoms in total. The molecule has 0 radical (unpaired) electrons. The molecule has 0 aliphatic carbocycles. The van der Waals surface area contributed by atoms with E-state index in [0.29, 0.717) is 24.5 Å². The molecule has 2 aromatic carbocycles. The van der Waals surface area contributed by atoms with Crippen molar-refractivity contribution in [2.75, 3.05) is 0 Å². The van der Waals surface area contributed by atoms with Crippen LogP contribution in [0, 0.1) is 20.2 Å². The Hall–Kier alpha value is -2.55. The Morgan fingerprint density at radius 2 is 1.10 bits per heavy atom. The normalized spacial score (nSPS) is 9.61. The summed E-state index contributed by atoms with van der Waals surface area (Å²) in [6, 6.07) is 17.5. The van der Waals surface area contributed by atoms with Gasteiger partial charge in [-0.2, -0.15) is 0 Å². The summed E-state index contributed by atoms with van der Waals surface area (Å²) >= 11 is -0.826. The van der Waals surface area contributed by atoms with Crippen LogP contribution in [-0.4, -0.2) is 14.8 Å². The van der Waals surface area contributed by atoms with E-state index in [0.717, 1.165) is 11.4 Å². The van der Waals surface area contributed by atoms with Crippen molar-refractivity contribution in [3.8, 4) is 0 Å². The predicted molar refractivity (Wildman–Crippen MR) is 116 cm³/mol. The number of hydrogen-bond donors (Lipinski definition) is 0. The van der Waals surface area contributed by atoms with Gasteiger partial charge in [-0.05, 0) is 12.1 Å². The van der Waals surface area contributed by atoms with Gasteiger partial charge in [0.2, 0.25) is 0 Å². The third-order valence-electron chi connectivity index (χ3n) is 3.83. The van der Waals surface area contributed by atoms with Gasteiger partial charge in [-0.1, -0.05) is 43.4 Å². The number of nitro benzene ring substituents is 2. The minimum absolute atomic E-state index is 0.0203. The maximum absolute atomic E-state index is 10.7. The molecular weight excluding hydrogens is 524 g/mol. The molecule has 3 rings (SSSR count). The molecule has 0 fully saturated rings. The van der Waals surface area contributed by atoms with Crippen LogP contribution < -0.4 is 0 Å². The number of nitrogens with zero attached hydrogens (tertiary/aromatic N) is 5. The molecule has 31 heavy (non-hydrogen) atoms. The Morgan fingerprint density at radius 3 is 1.42 bits per heavy atom. The second-order valence-corrected chi connectivity index (χ2v) is 9.60. The number of hydrogen-bond acceptors (Lipinski definition) is 5. The second kappa shape index (κ2) is 13.0. The Bertz CT molecular complexity index is 930. The maximum atomic E-state index is 10.7. The minimum atomic E-state index is -0.826. The number of rotatable bonds is 8. The van der Waals surface area contributed by atoms with Crippen molar-refractivity contribution in [3.05, 3.63) is 109 Å². The zero-order chi connectivity index (χ0) is 22.6. The molecule has 0 aliphatic heterocycles. The summed E-state index contributed by atoms with van der Waals surface area (Å²) in [5, 5.41) is 30.1. The average molecular weight is 539 g/mol. The Morgan fingerprint density at radius 1 is 0.742 bits per heavy atom. The van der Waals surface area contributed by atoms with Crippen LogP contribution in [-0.2, 0) is 33.9 Å². The Balaban J connectivity index is 0.00000107. The molecule has 0 N–H and O–H groups in total. The Kier molecular flexibility index (Phi) is 10.4. The van der Waals surface area contributed by atoms with E-state index in [2.05, 4.69) is 15.6 Å². The van der Waals surface area contributed by atoms with E-state index in [9.17, 15) is 20.2 Å². The molecule has 3 aromatic rings. The third-order valence-corrected chi connectivity index (χ3v) is 3.83. The molecule has 12 heteroatoms. The van der Waals surface area contributed by atoms with Crippen LogP contribution in [0.15, 0.2) is 66.7 Å². The van der Waals surface area contributed by atoms with Gasteiger partial charge in [0.25, 0.3) is 11.4 Å². The predicted octanol–water partition coefficient (Wildman–Crippen LogP) is 6.69. The first-order valence-corrected chi connectivity index (χ1v) is 15.0. The van der Waals surface area contributed by atoms with Gasteiger partial charge in [0.05, 0.1) is 9.85 Å². The van der Waals surface area contributed by atoms with Crippen molar-refractivity contribution in [3.63, 3.8) is 0 Å². The number of non-ortho nitro benzene ring substituents is 2. The van der Waals surface area contributed by atoms with Gasteiger partial charge >= 0.3 is 37.9 Å². The number of halogens is 2. The molecule has 1 aromatic heterocycles. The topological polar surface area (TPSA) is 127 Å². The van der Waals surface area contributed by atoms with Crippen LogP contribution in [0.3, 0.4) is 0 Å². The van der Waals surface area contributed by atoms with Gasteiger partial charge in [0, 0.05) is 35.7 Å². The van der Waals surface area contributed by atoms with E-state index in [4.69, 9.17) is 17.0 Å². The second-order valence-electron chi connectivity index (χ2n) is 5.87. The van der Waals surface area contributed by atoms with E-state index in [1.807, 2.05) is 18.2 Å². The summed E-state index contributed by atoms with van der Waals surface area (Å²) in [6.45, 7) is 0.673. The van der Waals surface area contributed by atoms with Crippen LogP contribution in [0.25, 0.3) is 10.6 Å². The number of benzene rings is 2. The van der Waals surface area contributed by atoms with Crippen LogP contribution in [0.1, 0.15) is 11.4 Å². The van der Waals surface area contributed by atoms with Crippen molar-refractivity contribution in [2.45, 2.75) is 13.1 Å². The van der Waals surface area contributed by atoms with Crippen LogP contribution in [0.5, 0.6) is 0 Å². The van der Waals surface area contributed by atoms with Crippen LogP contribution in [0.2, 0.25) is 0 Å². The molecule has 0 saturated heterocycles. The Labute approximate surface area is 196 Å². The van der Waals surface area contributed by atoms with Gasteiger partial charge in [-0.25, -0.2) is 0 Å². The van der Waals surface area contributed by atoms with Crippen molar-refractivity contribution in [1.82, 2.24) is 4.98 Å². The zero-order valence-corrected chi connectivity index (χ0v) is 19.9. The standard InChI is InChI=1S/C19H15N5O4.2ClH.Zr/c25-23(26)18-8-4-14(5-9-18)20-12-16-2-1-3-17(22-16)13-21-15-6-10-19(11-7-15)24(27)28;;;/h1-11H,12-13H2;2*1H;/q-2;;;+4/p-2. The zero-order valence-electron chi connectivity index (χ0n) is 15.9. The summed E-state index contributed by atoms with van der Waals surface area (Å²) in [5.41, 5.74) is 2.80. The van der Waals surface area contributed by atoms with E-state index in [1.54, 1.807) is 24.3 Å². The number of nitro groups is 2. The summed E-state index contributed by atoms with van der Waals surface area (Å²) < 4.78 is 0. The van der Waals surface area contributed by atoms with E-state index >= 15 is 0 Å².